The van der Waals surface area contributed by atoms with Crippen LogP contribution >= 0.6 is 34.8 Å². The molecular weight excluding hydrogens is 651 g/mol. The van der Waals surface area contributed by atoms with Gasteiger partial charge in [0, 0.05) is 41.5 Å². The molecule has 1 aliphatic heterocycles. The van der Waals surface area contributed by atoms with Crippen LogP contribution in [0.3, 0.4) is 0 Å². The highest BCUT2D eigenvalue weighted by atomic mass is 35.5. The number of carbonyl (C=O) groups is 2. The molecule has 236 valence electrons. The van der Waals surface area contributed by atoms with E-state index in [4.69, 9.17) is 39.5 Å². The van der Waals surface area contributed by atoms with Crippen LogP contribution in [0, 0.1) is 5.92 Å². The third-order valence-corrected chi connectivity index (χ3v) is 10.1. The smallest absolute Gasteiger partial charge is 0.323 e. The van der Waals surface area contributed by atoms with Crippen LogP contribution in [0.25, 0.3) is 0 Å². The molecule has 0 radical (unpaired) electrons. The number of benzene rings is 3. The van der Waals surface area contributed by atoms with E-state index in [1.165, 1.54) is 41.7 Å². The van der Waals surface area contributed by atoms with Crippen molar-refractivity contribution >= 4 is 68.1 Å². The largest absolute Gasteiger partial charge is 0.488 e. The van der Waals surface area contributed by atoms with Crippen LogP contribution < -0.4 is 15.4 Å². The summed E-state index contributed by atoms with van der Waals surface area (Å²) in [4.78, 5) is 27.8. The zero-order valence-corrected chi connectivity index (χ0v) is 27.3. The van der Waals surface area contributed by atoms with E-state index in [0.29, 0.717) is 32.7 Å². The molecule has 0 bridgehead atoms. The maximum atomic E-state index is 13.5. The van der Waals surface area contributed by atoms with Gasteiger partial charge in [-0.15, -0.1) is 0 Å². The number of amides is 3. The number of rotatable bonds is 8. The van der Waals surface area contributed by atoms with Crippen molar-refractivity contribution in [1.29, 1.82) is 0 Å². The number of likely N-dealkylation sites (N-methyl/N-ethyl adjacent to an activating group) is 1. The summed E-state index contributed by atoms with van der Waals surface area (Å²) in [6.07, 6.45) is -0.737. The van der Waals surface area contributed by atoms with Gasteiger partial charge in [0.25, 0.3) is 0 Å². The van der Waals surface area contributed by atoms with Crippen LogP contribution in [0.15, 0.2) is 65.6 Å². The zero-order valence-electron chi connectivity index (χ0n) is 24.3. The molecule has 0 saturated carbocycles. The van der Waals surface area contributed by atoms with Crippen molar-refractivity contribution in [2.45, 2.75) is 37.3 Å². The molecule has 1 heterocycles. The van der Waals surface area contributed by atoms with E-state index in [1.54, 1.807) is 42.2 Å². The molecule has 14 heteroatoms. The maximum absolute atomic E-state index is 13.5. The van der Waals surface area contributed by atoms with Gasteiger partial charge in [0.2, 0.25) is 15.9 Å². The van der Waals surface area contributed by atoms with Gasteiger partial charge in [-0.3, -0.25) is 4.79 Å². The first-order chi connectivity index (χ1) is 20.8. The first-order valence-electron chi connectivity index (χ1n) is 13.7. The number of anilines is 2. The van der Waals surface area contributed by atoms with Crippen molar-refractivity contribution < 1.29 is 27.9 Å². The zero-order chi connectivity index (χ0) is 32.2. The Labute approximate surface area is 271 Å². The summed E-state index contributed by atoms with van der Waals surface area (Å²) in [5.41, 5.74) is 1.31. The quantitative estimate of drug-likeness (QED) is 0.277. The first kappa shape index (κ1) is 33.8. The number of fused-ring (bicyclic) bond motifs is 1. The van der Waals surface area contributed by atoms with Crippen molar-refractivity contribution in [2.24, 2.45) is 5.92 Å². The average molecular weight is 684 g/mol. The van der Waals surface area contributed by atoms with E-state index >= 15 is 0 Å². The molecule has 3 aromatic carbocycles. The van der Waals surface area contributed by atoms with Crippen LogP contribution in [0.4, 0.5) is 16.2 Å². The van der Waals surface area contributed by atoms with E-state index in [2.05, 4.69) is 10.6 Å². The molecule has 3 N–H and O–H groups in total. The molecule has 3 amide bonds. The van der Waals surface area contributed by atoms with E-state index in [0.717, 1.165) is 0 Å². The fraction of sp³-hybridized carbons (Fsp3) is 0.333. The summed E-state index contributed by atoms with van der Waals surface area (Å²) in [6.45, 7) is 3.56. The van der Waals surface area contributed by atoms with E-state index in [-0.39, 0.29) is 47.9 Å². The fourth-order valence-electron chi connectivity index (χ4n) is 4.73. The lowest BCUT2D eigenvalue weighted by Crippen LogP contribution is -2.48. The van der Waals surface area contributed by atoms with Gasteiger partial charge in [-0.1, -0.05) is 41.7 Å². The Morgan fingerprint density at radius 1 is 1.05 bits per heavy atom. The van der Waals surface area contributed by atoms with Gasteiger partial charge in [-0.05, 0) is 67.6 Å². The molecule has 0 aromatic heterocycles. The SMILES string of the molecule is C[C@H]1CN([C@@H](C)CO)C(=O)Cc2cc(NC(=O)Nc3ccc(Cl)c(Cl)c3)ccc2O[C@H]1CN(C)S(=O)(=O)c1ccc(Cl)cc1. The molecule has 1 aliphatic rings. The lowest BCUT2D eigenvalue weighted by atomic mass is 10.0. The number of ether oxygens (including phenoxy) is 1. The number of nitrogens with zero attached hydrogens (tertiary/aromatic N) is 2. The van der Waals surface area contributed by atoms with Crippen LogP contribution in [0.5, 0.6) is 5.75 Å². The lowest BCUT2D eigenvalue weighted by Gasteiger charge is -2.33. The molecule has 44 heavy (non-hydrogen) atoms. The molecule has 0 fully saturated rings. The van der Waals surface area contributed by atoms with Crippen LogP contribution in [-0.4, -0.2) is 73.6 Å². The Balaban J connectivity index is 1.61. The highest BCUT2D eigenvalue weighted by Crippen LogP contribution is 2.30. The molecule has 0 aliphatic carbocycles. The summed E-state index contributed by atoms with van der Waals surface area (Å²) in [5.74, 6) is -0.193. The number of carbonyl (C=O) groups excluding carboxylic acids is 2. The number of nitrogens with one attached hydrogen (secondary N) is 2. The number of hydrogen-bond acceptors (Lipinski definition) is 6. The monoisotopic (exact) mass is 682 g/mol. The first-order valence-corrected chi connectivity index (χ1v) is 16.3. The minimum atomic E-state index is -3.88. The number of urea groups is 1. The fourth-order valence-corrected chi connectivity index (χ4v) is 6.34. The Morgan fingerprint density at radius 3 is 2.32 bits per heavy atom. The van der Waals surface area contributed by atoms with Crippen molar-refractivity contribution in [1.82, 2.24) is 9.21 Å². The summed E-state index contributed by atoms with van der Waals surface area (Å²) in [6, 6.07) is 14.4. The Bertz CT molecular complexity index is 1620. The van der Waals surface area contributed by atoms with Gasteiger partial charge >= 0.3 is 6.03 Å². The average Bonchev–Trinajstić information content (AvgIpc) is 3.02. The van der Waals surface area contributed by atoms with Crippen molar-refractivity contribution in [3.8, 4) is 5.75 Å². The normalized spacial score (nSPS) is 18.0. The molecular formula is C30H33Cl3N4O6S. The summed E-state index contributed by atoms with van der Waals surface area (Å²) in [5, 5.41) is 16.4. The minimum Gasteiger partial charge on any atom is -0.488 e. The topological polar surface area (TPSA) is 128 Å². The van der Waals surface area contributed by atoms with Gasteiger partial charge in [0.05, 0.1) is 40.6 Å². The second-order valence-corrected chi connectivity index (χ2v) is 14.0. The van der Waals surface area contributed by atoms with Crippen molar-refractivity contribution in [3.63, 3.8) is 0 Å². The Kier molecular flexibility index (Phi) is 11.0. The highest BCUT2D eigenvalue weighted by molar-refractivity contribution is 7.89. The number of sulfonamides is 1. The summed E-state index contributed by atoms with van der Waals surface area (Å²) in [7, 11) is -2.41. The highest BCUT2D eigenvalue weighted by Gasteiger charge is 2.33. The molecule has 0 unspecified atom stereocenters. The molecule has 0 spiro atoms. The third kappa shape index (κ3) is 8.15. The molecule has 3 aromatic rings. The summed E-state index contributed by atoms with van der Waals surface area (Å²) >= 11 is 17.9. The molecule has 0 saturated heterocycles. The van der Waals surface area contributed by atoms with E-state index in [1.807, 2.05) is 6.92 Å². The Morgan fingerprint density at radius 2 is 1.68 bits per heavy atom. The standard InChI is InChI=1S/C30H33Cl3N4O6S/c1-18-15-37(19(2)17-38)29(39)13-20-12-22(34-30(40)35-23-6-10-25(32)26(33)14-23)7-11-27(20)43-28(18)16-36(3)44(41,42)24-8-4-21(31)5-9-24/h4-12,14,18-19,28,38H,13,15-17H2,1-3H3,(H2,34,35,40)/t18-,19-,28-/m0/s1. The van der Waals surface area contributed by atoms with Gasteiger partial charge in [0.15, 0.2) is 0 Å². The van der Waals surface area contributed by atoms with Gasteiger partial charge in [0.1, 0.15) is 11.9 Å². The van der Waals surface area contributed by atoms with Crippen LogP contribution in [0.1, 0.15) is 19.4 Å². The van der Waals surface area contributed by atoms with Crippen molar-refractivity contribution in [2.75, 3.05) is 37.4 Å². The van der Waals surface area contributed by atoms with E-state index < -0.39 is 28.2 Å². The summed E-state index contributed by atoms with van der Waals surface area (Å²) < 4.78 is 34.3. The third-order valence-electron chi connectivity index (χ3n) is 7.31. The molecule has 10 nitrogen and oxygen atoms in total. The predicted octanol–water partition coefficient (Wildman–Crippen LogP) is 5.76. The number of aliphatic hydroxyl groups excluding tert-OH is 1. The van der Waals surface area contributed by atoms with Gasteiger partial charge in [-0.25, -0.2) is 13.2 Å². The maximum Gasteiger partial charge on any atom is 0.323 e. The number of aliphatic hydroxyl groups is 1. The molecule has 4 rings (SSSR count). The number of hydrogen-bond donors (Lipinski definition) is 3. The van der Waals surface area contributed by atoms with Gasteiger partial charge < -0.3 is 25.4 Å². The number of halogens is 3. The van der Waals surface area contributed by atoms with Gasteiger partial charge in [-0.2, -0.15) is 4.31 Å². The molecule has 3 atom stereocenters. The Hall–Kier alpha value is -3.06. The second-order valence-electron chi connectivity index (χ2n) is 10.7. The minimum absolute atomic E-state index is 0.0207. The van der Waals surface area contributed by atoms with E-state index in [9.17, 15) is 23.1 Å². The van der Waals surface area contributed by atoms with Crippen LogP contribution in [-0.2, 0) is 21.2 Å². The second kappa shape index (κ2) is 14.4. The van der Waals surface area contributed by atoms with Crippen molar-refractivity contribution in [3.05, 3.63) is 81.3 Å². The predicted molar refractivity (Wildman–Crippen MR) is 172 cm³/mol. The van der Waals surface area contributed by atoms with Crippen LogP contribution in [0.2, 0.25) is 15.1 Å². The lowest BCUT2D eigenvalue weighted by molar-refractivity contribution is -0.134.